The molecule has 2 aromatic carbocycles. The van der Waals surface area contributed by atoms with Crippen molar-refractivity contribution in [3.8, 4) is 5.69 Å². The third kappa shape index (κ3) is 4.56. The molecule has 0 bridgehead atoms. The largest absolute Gasteiger partial charge is 0.355 e. The Morgan fingerprint density at radius 1 is 1.19 bits per heavy atom. The second-order valence-corrected chi connectivity index (χ2v) is 8.73. The minimum absolute atomic E-state index is 0.0908. The first-order valence-corrected chi connectivity index (χ1v) is 11.5. The highest BCUT2D eigenvalue weighted by molar-refractivity contribution is 7.99. The van der Waals surface area contributed by atoms with Crippen molar-refractivity contribution < 1.29 is 4.79 Å². The highest BCUT2D eigenvalue weighted by Crippen LogP contribution is 2.26. The zero-order valence-electron chi connectivity index (χ0n) is 17.8. The van der Waals surface area contributed by atoms with Gasteiger partial charge in [0, 0.05) is 17.3 Å². The van der Waals surface area contributed by atoms with Crippen LogP contribution < -0.4 is 10.8 Å². The van der Waals surface area contributed by atoms with E-state index in [9.17, 15) is 4.79 Å². The van der Waals surface area contributed by atoms with Gasteiger partial charge in [0.05, 0.1) is 16.8 Å². The zero-order chi connectivity index (χ0) is 22.7. The Kier molecular flexibility index (Phi) is 6.62. The highest BCUT2D eigenvalue weighted by atomic mass is 35.5. The van der Waals surface area contributed by atoms with Crippen LogP contribution in [0.15, 0.2) is 53.7 Å². The summed E-state index contributed by atoms with van der Waals surface area (Å²) in [5.41, 5.74) is 4.23. The van der Waals surface area contributed by atoms with Gasteiger partial charge in [-0.3, -0.25) is 19.9 Å². The van der Waals surface area contributed by atoms with Crippen LogP contribution in [-0.2, 0) is 11.2 Å². The molecule has 0 aliphatic heterocycles. The molecule has 0 fully saturated rings. The number of thioether (sulfide) groups is 1. The number of hydrogen-bond acceptors (Lipinski definition) is 5. The average Bonchev–Trinajstić information content (AvgIpc) is 3.16. The number of fused-ring (bicyclic) bond motifs is 1. The molecule has 32 heavy (non-hydrogen) atoms. The second kappa shape index (κ2) is 9.58. The third-order valence-corrected chi connectivity index (χ3v) is 6.52. The first-order valence-electron chi connectivity index (χ1n) is 10.2. The van der Waals surface area contributed by atoms with Crippen LogP contribution in [0.25, 0.3) is 16.7 Å². The smallest absolute Gasteiger partial charge is 0.230 e. The minimum Gasteiger partial charge on any atom is -0.355 e. The number of nitrogens with zero attached hydrogens (tertiary/aromatic N) is 3. The van der Waals surface area contributed by atoms with E-state index in [0.29, 0.717) is 27.8 Å². The number of hydrogen-bond donors (Lipinski definition) is 3. The van der Waals surface area contributed by atoms with Gasteiger partial charge in [-0.25, -0.2) is 4.98 Å². The Morgan fingerprint density at radius 3 is 2.75 bits per heavy atom. The Balaban J connectivity index is 1.58. The highest BCUT2D eigenvalue weighted by Gasteiger charge is 2.18. The summed E-state index contributed by atoms with van der Waals surface area (Å²) in [6.45, 7) is 4.32. The van der Waals surface area contributed by atoms with E-state index in [1.807, 2.05) is 62.4 Å². The number of rotatable bonds is 7. The van der Waals surface area contributed by atoms with Crippen LogP contribution in [0.3, 0.4) is 0 Å². The van der Waals surface area contributed by atoms with Gasteiger partial charge in [-0.15, -0.1) is 0 Å². The normalized spacial score (nSPS) is 11.1. The molecule has 4 aromatic rings. The number of carbonyl (C=O) groups is 1. The number of benzene rings is 2. The molecule has 0 saturated heterocycles. The summed E-state index contributed by atoms with van der Waals surface area (Å²) in [6, 6.07) is 15.6. The lowest BCUT2D eigenvalue weighted by atomic mass is 10.1. The third-order valence-electron chi connectivity index (χ3n) is 5.17. The van der Waals surface area contributed by atoms with Gasteiger partial charge in [-0.1, -0.05) is 59.8 Å². The molecule has 1 amide bonds. The number of carbonyl (C=O) groups excluding carboxylic acids is 1. The summed E-state index contributed by atoms with van der Waals surface area (Å²) >= 11 is 7.62. The van der Waals surface area contributed by atoms with Crippen LogP contribution in [-0.4, -0.2) is 38.0 Å². The van der Waals surface area contributed by atoms with E-state index >= 15 is 0 Å². The van der Waals surface area contributed by atoms with E-state index in [1.54, 1.807) is 4.57 Å². The fourth-order valence-electron chi connectivity index (χ4n) is 3.46. The van der Waals surface area contributed by atoms with E-state index in [4.69, 9.17) is 17.0 Å². The SMILES string of the molecule is Cc1c(Cl)cccc1-n1c(SCC(=O)NCCc2ccccc2)nc2n[nH]c(C)c2c1=N. The molecule has 0 aliphatic rings. The summed E-state index contributed by atoms with van der Waals surface area (Å²) in [5, 5.41) is 20.7. The van der Waals surface area contributed by atoms with Gasteiger partial charge in [0.15, 0.2) is 10.8 Å². The maximum absolute atomic E-state index is 12.5. The zero-order valence-corrected chi connectivity index (χ0v) is 19.3. The van der Waals surface area contributed by atoms with Crippen LogP contribution in [0.4, 0.5) is 0 Å². The van der Waals surface area contributed by atoms with E-state index < -0.39 is 0 Å². The van der Waals surface area contributed by atoms with Gasteiger partial charge in [0.2, 0.25) is 5.91 Å². The lowest BCUT2D eigenvalue weighted by molar-refractivity contribution is -0.118. The molecule has 7 nitrogen and oxygen atoms in total. The maximum Gasteiger partial charge on any atom is 0.230 e. The van der Waals surface area contributed by atoms with Crippen molar-refractivity contribution in [2.24, 2.45) is 0 Å². The molecule has 3 N–H and O–H groups in total. The van der Waals surface area contributed by atoms with E-state index in [0.717, 1.165) is 23.4 Å². The topological polar surface area (TPSA) is 99.4 Å². The number of aryl methyl sites for hydroxylation is 1. The molecule has 164 valence electrons. The first-order chi connectivity index (χ1) is 15.5. The van der Waals surface area contributed by atoms with Crippen molar-refractivity contribution in [1.29, 1.82) is 5.41 Å². The number of aromatic nitrogens is 4. The summed E-state index contributed by atoms with van der Waals surface area (Å²) in [6.07, 6.45) is 0.770. The molecule has 0 spiro atoms. The molecule has 0 radical (unpaired) electrons. The summed E-state index contributed by atoms with van der Waals surface area (Å²) in [7, 11) is 0. The van der Waals surface area contributed by atoms with E-state index in [1.165, 1.54) is 17.3 Å². The van der Waals surface area contributed by atoms with Gasteiger partial charge in [-0.05, 0) is 43.5 Å². The number of aromatic amines is 1. The van der Waals surface area contributed by atoms with Crippen LogP contribution in [0.2, 0.25) is 5.02 Å². The van der Waals surface area contributed by atoms with Crippen molar-refractivity contribution in [1.82, 2.24) is 25.1 Å². The molecule has 9 heteroatoms. The molecule has 0 aliphatic carbocycles. The van der Waals surface area contributed by atoms with Gasteiger partial charge in [0.1, 0.15) is 5.49 Å². The van der Waals surface area contributed by atoms with Gasteiger partial charge in [0.25, 0.3) is 0 Å². The summed E-state index contributed by atoms with van der Waals surface area (Å²) in [4.78, 5) is 17.1. The van der Waals surface area contributed by atoms with E-state index in [-0.39, 0.29) is 17.1 Å². The summed E-state index contributed by atoms with van der Waals surface area (Å²) < 4.78 is 1.73. The monoisotopic (exact) mass is 466 g/mol. The van der Waals surface area contributed by atoms with Crippen LogP contribution in [0.1, 0.15) is 16.8 Å². The Hall–Kier alpha value is -3.10. The van der Waals surface area contributed by atoms with Crippen LogP contribution >= 0.6 is 23.4 Å². The lowest BCUT2D eigenvalue weighted by Crippen LogP contribution is -2.28. The van der Waals surface area contributed by atoms with Crippen molar-refractivity contribution in [3.05, 3.63) is 75.9 Å². The second-order valence-electron chi connectivity index (χ2n) is 7.38. The molecule has 2 aromatic heterocycles. The molecule has 0 atom stereocenters. The molecule has 0 saturated carbocycles. The Labute approximate surface area is 194 Å². The van der Waals surface area contributed by atoms with Crippen LogP contribution in [0.5, 0.6) is 0 Å². The predicted octanol–water partition coefficient (Wildman–Crippen LogP) is 3.95. The lowest BCUT2D eigenvalue weighted by Gasteiger charge is -2.16. The number of halogens is 1. The van der Waals surface area contributed by atoms with Crippen molar-refractivity contribution in [2.75, 3.05) is 12.3 Å². The summed E-state index contributed by atoms with van der Waals surface area (Å²) in [5.74, 6) is 0.0855. The maximum atomic E-state index is 12.5. The number of H-pyrrole nitrogens is 1. The Bertz CT molecular complexity index is 1330. The predicted molar refractivity (Wildman–Crippen MR) is 127 cm³/mol. The molecular weight excluding hydrogens is 444 g/mol. The van der Waals surface area contributed by atoms with Crippen LogP contribution in [0, 0.1) is 19.3 Å². The van der Waals surface area contributed by atoms with Gasteiger partial charge < -0.3 is 5.32 Å². The number of amides is 1. The Morgan fingerprint density at radius 2 is 1.97 bits per heavy atom. The van der Waals surface area contributed by atoms with Crippen molar-refractivity contribution in [3.63, 3.8) is 0 Å². The standard InChI is InChI=1S/C23H23ClN6OS/c1-14-17(24)9-6-10-18(14)30-21(25)20-15(2)28-29-22(20)27-23(30)32-13-19(31)26-12-11-16-7-4-3-5-8-16/h3-10,25H,11-13H2,1-2H3,(H,26,31)(H,28,29). The minimum atomic E-state index is -0.0908. The van der Waals surface area contributed by atoms with Gasteiger partial charge in [-0.2, -0.15) is 5.10 Å². The average molecular weight is 467 g/mol. The number of nitrogens with one attached hydrogen (secondary N) is 3. The van der Waals surface area contributed by atoms with Crippen molar-refractivity contribution >= 4 is 40.3 Å². The molecule has 0 unspecified atom stereocenters. The fourth-order valence-corrected chi connectivity index (χ4v) is 4.46. The fraction of sp³-hybridized carbons (Fsp3) is 0.217. The molecule has 2 heterocycles. The molecular formula is C23H23ClN6OS. The first kappa shape index (κ1) is 22.1. The van der Waals surface area contributed by atoms with Gasteiger partial charge >= 0.3 is 0 Å². The van der Waals surface area contributed by atoms with E-state index in [2.05, 4.69) is 20.5 Å². The van der Waals surface area contributed by atoms with Crippen molar-refractivity contribution in [2.45, 2.75) is 25.4 Å². The molecule has 4 rings (SSSR count). The quantitative estimate of drug-likeness (QED) is 0.283.